The lowest BCUT2D eigenvalue weighted by Crippen LogP contribution is -2.23. The average molecular weight is 444 g/mol. The Morgan fingerprint density at radius 3 is 2.48 bits per heavy atom. The second kappa shape index (κ2) is 8.20. The maximum absolute atomic E-state index is 12.5. The van der Waals surface area contributed by atoms with Crippen molar-refractivity contribution in [3.05, 3.63) is 66.2 Å². The number of hydrogen-bond donors (Lipinski definition) is 2. The molecule has 8 nitrogen and oxygen atoms in total. The molecule has 1 aliphatic carbocycles. The van der Waals surface area contributed by atoms with Crippen LogP contribution in [0.15, 0.2) is 55.0 Å². The number of carbonyl (C=O) groups is 2. The molecule has 4 aromatic rings. The van der Waals surface area contributed by atoms with Crippen LogP contribution in [0.1, 0.15) is 54.6 Å². The van der Waals surface area contributed by atoms with E-state index in [0.717, 1.165) is 16.8 Å². The summed E-state index contributed by atoms with van der Waals surface area (Å²) in [5.41, 5.74) is 10.9. The van der Waals surface area contributed by atoms with Crippen molar-refractivity contribution >= 4 is 23.2 Å². The molecule has 0 spiro atoms. The number of carboxylic acid groups (broad SMARTS) is 1. The number of aromatic nitrogens is 4. The van der Waals surface area contributed by atoms with E-state index in [4.69, 9.17) is 10.7 Å². The van der Waals surface area contributed by atoms with Crippen LogP contribution in [0.25, 0.3) is 22.5 Å². The van der Waals surface area contributed by atoms with Gasteiger partial charge in [0.05, 0.1) is 23.4 Å². The lowest BCUT2D eigenvalue weighted by Gasteiger charge is -2.27. The second-order valence-electron chi connectivity index (χ2n) is 8.64. The van der Waals surface area contributed by atoms with Crippen molar-refractivity contribution < 1.29 is 14.7 Å². The molecular formula is C25H25N5O3. The molecule has 0 saturated heterocycles. The van der Waals surface area contributed by atoms with Crippen LogP contribution < -0.4 is 5.73 Å². The van der Waals surface area contributed by atoms with Gasteiger partial charge in [0.1, 0.15) is 5.82 Å². The van der Waals surface area contributed by atoms with Gasteiger partial charge in [-0.1, -0.05) is 18.2 Å². The molecule has 0 atom stereocenters. The first-order valence-corrected chi connectivity index (χ1v) is 11.1. The number of nitrogens with two attached hydrogens (primary N) is 1. The van der Waals surface area contributed by atoms with E-state index in [0.29, 0.717) is 42.6 Å². The van der Waals surface area contributed by atoms with E-state index in [1.807, 2.05) is 53.4 Å². The Hall–Kier alpha value is -3.94. The van der Waals surface area contributed by atoms with Gasteiger partial charge in [-0.3, -0.25) is 9.59 Å². The van der Waals surface area contributed by atoms with Crippen molar-refractivity contribution in [2.75, 3.05) is 5.73 Å². The molecule has 0 unspecified atom stereocenters. The number of anilines is 1. The number of Topliss-reactive ketones (excluding diaryl/α,β-unsaturated/α-hetero) is 1. The Balaban J connectivity index is 1.59. The van der Waals surface area contributed by atoms with Crippen LogP contribution in [0.2, 0.25) is 0 Å². The standard InChI is InChI=1S/C25H25N5O3/c1-15(31)21-22(16-7-9-17(10-8-16)25(32)33)28-24-20(13-27-30(24)23(21)26)18-11-12-29(14-18)19-5-3-2-4-6-19/h2-6,11-14,16-17H,7-10,26H2,1H3,(H,32,33). The van der Waals surface area contributed by atoms with Gasteiger partial charge in [0.25, 0.3) is 0 Å². The smallest absolute Gasteiger partial charge is 0.306 e. The summed E-state index contributed by atoms with van der Waals surface area (Å²) in [7, 11) is 0. The van der Waals surface area contributed by atoms with Crippen LogP contribution in [0.5, 0.6) is 0 Å². The maximum atomic E-state index is 12.5. The molecule has 0 amide bonds. The van der Waals surface area contributed by atoms with Crippen LogP contribution in [0.3, 0.4) is 0 Å². The molecule has 0 aliphatic heterocycles. The highest BCUT2D eigenvalue weighted by atomic mass is 16.4. The first-order chi connectivity index (χ1) is 15.9. The molecule has 0 radical (unpaired) electrons. The van der Waals surface area contributed by atoms with E-state index in [9.17, 15) is 14.7 Å². The quantitative estimate of drug-likeness (QED) is 0.444. The minimum Gasteiger partial charge on any atom is -0.481 e. The minimum absolute atomic E-state index is 0.0107. The van der Waals surface area contributed by atoms with Gasteiger partial charge in [0, 0.05) is 35.1 Å². The number of aliphatic carboxylic acids is 1. The Morgan fingerprint density at radius 2 is 1.82 bits per heavy atom. The molecule has 168 valence electrons. The number of benzene rings is 1. The first-order valence-electron chi connectivity index (χ1n) is 11.1. The Morgan fingerprint density at radius 1 is 1.09 bits per heavy atom. The van der Waals surface area contributed by atoms with Crippen molar-refractivity contribution in [1.82, 2.24) is 19.2 Å². The number of nitrogen functional groups attached to an aromatic ring is 1. The zero-order valence-corrected chi connectivity index (χ0v) is 18.3. The molecule has 1 fully saturated rings. The number of fused-ring (bicyclic) bond motifs is 1. The highest BCUT2D eigenvalue weighted by Gasteiger charge is 2.31. The summed E-state index contributed by atoms with van der Waals surface area (Å²) in [5.74, 6) is -1.000. The number of rotatable bonds is 5. The fourth-order valence-electron chi connectivity index (χ4n) is 4.82. The number of ketones is 1. The molecular weight excluding hydrogens is 418 g/mol. The second-order valence-corrected chi connectivity index (χ2v) is 8.64. The van der Waals surface area contributed by atoms with Gasteiger partial charge in [-0.15, -0.1) is 0 Å². The van der Waals surface area contributed by atoms with E-state index in [-0.39, 0.29) is 23.4 Å². The number of hydrogen-bond acceptors (Lipinski definition) is 5. The molecule has 8 heteroatoms. The molecule has 1 aliphatic rings. The van der Waals surface area contributed by atoms with Crippen LogP contribution >= 0.6 is 0 Å². The highest BCUT2D eigenvalue weighted by molar-refractivity contribution is 6.00. The van der Waals surface area contributed by atoms with E-state index < -0.39 is 5.97 Å². The van der Waals surface area contributed by atoms with E-state index in [1.165, 1.54) is 11.4 Å². The molecule has 33 heavy (non-hydrogen) atoms. The zero-order chi connectivity index (χ0) is 23.1. The van der Waals surface area contributed by atoms with Gasteiger partial charge in [-0.2, -0.15) is 9.61 Å². The number of nitrogens with zero attached hydrogens (tertiary/aromatic N) is 4. The lowest BCUT2D eigenvalue weighted by atomic mass is 9.79. The van der Waals surface area contributed by atoms with Crippen molar-refractivity contribution in [3.63, 3.8) is 0 Å². The van der Waals surface area contributed by atoms with Crippen LogP contribution in [-0.2, 0) is 4.79 Å². The molecule has 1 saturated carbocycles. The predicted octanol–water partition coefficient (Wildman–Crippen LogP) is 4.33. The summed E-state index contributed by atoms with van der Waals surface area (Å²) in [6.45, 7) is 1.48. The average Bonchev–Trinajstić information content (AvgIpc) is 3.47. The molecule has 0 bridgehead atoms. The monoisotopic (exact) mass is 443 g/mol. The van der Waals surface area contributed by atoms with Gasteiger partial charge in [-0.05, 0) is 50.8 Å². The molecule has 3 N–H and O–H groups in total. The number of carboxylic acids is 1. The fraction of sp³-hybridized carbons (Fsp3) is 0.280. The van der Waals surface area contributed by atoms with Crippen LogP contribution in [0, 0.1) is 5.92 Å². The summed E-state index contributed by atoms with van der Waals surface area (Å²) in [5, 5.41) is 13.8. The molecule has 3 aromatic heterocycles. The molecule has 1 aromatic carbocycles. The van der Waals surface area contributed by atoms with Gasteiger partial charge in [-0.25, -0.2) is 4.98 Å². The van der Waals surface area contributed by atoms with Crippen LogP contribution in [0.4, 0.5) is 5.82 Å². The maximum Gasteiger partial charge on any atom is 0.306 e. The summed E-state index contributed by atoms with van der Waals surface area (Å²) in [4.78, 5) is 28.8. The third-order valence-corrected chi connectivity index (χ3v) is 6.58. The molecule has 3 heterocycles. The Bertz CT molecular complexity index is 1350. The first kappa shape index (κ1) is 20.9. The summed E-state index contributed by atoms with van der Waals surface area (Å²) >= 11 is 0. The SMILES string of the molecule is CC(=O)c1c(C2CCC(C(=O)O)CC2)nc2c(-c3ccn(-c4ccccc4)c3)cnn2c1N. The van der Waals surface area contributed by atoms with E-state index >= 15 is 0 Å². The van der Waals surface area contributed by atoms with Crippen molar-refractivity contribution in [2.24, 2.45) is 5.92 Å². The van der Waals surface area contributed by atoms with Crippen LogP contribution in [-0.4, -0.2) is 36.0 Å². The predicted molar refractivity (Wildman–Crippen MR) is 125 cm³/mol. The lowest BCUT2D eigenvalue weighted by molar-refractivity contribution is -0.142. The Labute approximate surface area is 190 Å². The minimum atomic E-state index is -0.760. The highest BCUT2D eigenvalue weighted by Crippen LogP contribution is 2.39. The largest absolute Gasteiger partial charge is 0.481 e. The fourth-order valence-corrected chi connectivity index (χ4v) is 4.82. The molecule has 5 rings (SSSR count). The van der Waals surface area contributed by atoms with Gasteiger partial charge >= 0.3 is 5.97 Å². The zero-order valence-electron chi connectivity index (χ0n) is 18.3. The number of para-hydroxylation sites is 1. The van der Waals surface area contributed by atoms with Gasteiger partial charge < -0.3 is 15.4 Å². The van der Waals surface area contributed by atoms with Gasteiger partial charge in [0.2, 0.25) is 0 Å². The summed E-state index contributed by atoms with van der Waals surface area (Å²) < 4.78 is 3.55. The third kappa shape index (κ3) is 3.67. The third-order valence-electron chi connectivity index (χ3n) is 6.58. The van der Waals surface area contributed by atoms with Crippen molar-refractivity contribution in [3.8, 4) is 16.8 Å². The van der Waals surface area contributed by atoms with Gasteiger partial charge in [0.15, 0.2) is 11.4 Å². The van der Waals surface area contributed by atoms with Crippen molar-refractivity contribution in [2.45, 2.75) is 38.5 Å². The van der Waals surface area contributed by atoms with Crippen molar-refractivity contribution in [1.29, 1.82) is 0 Å². The number of carbonyl (C=O) groups excluding carboxylic acids is 1. The van der Waals surface area contributed by atoms with E-state index in [1.54, 1.807) is 6.20 Å². The normalized spacial score (nSPS) is 18.5. The summed E-state index contributed by atoms with van der Waals surface area (Å²) in [6.07, 6.45) is 8.17. The Kier molecular flexibility index (Phi) is 5.20. The summed E-state index contributed by atoms with van der Waals surface area (Å²) in [6, 6.07) is 12.0. The van der Waals surface area contributed by atoms with E-state index in [2.05, 4.69) is 5.10 Å². The topological polar surface area (TPSA) is 116 Å².